The minimum atomic E-state index is 0.431. The van der Waals surface area contributed by atoms with Crippen LogP contribution in [-0.4, -0.2) is 11.7 Å². The first-order valence-corrected chi connectivity index (χ1v) is 6.44. The van der Waals surface area contributed by atoms with Gasteiger partial charge in [-0.05, 0) is 55.8 Å². The Labute approximate surface area is 87.9 Å². The third-order valence-electron chi connectivity index (χ3n) is 4.67. The van der Waals surface area contributed by atoms with Crippen molar-refractivity contribution in [1.82, 2.24) is 0 Å². The summed E-state index contributed by atoms with van der Waals surface area (Å²) in [4.78, 5) is 0. The Kier molecular flexibility index (Phi) is 3.48. The molecule has 0 spiro atoms. The van der Waals surface area contributed by atoms with Crippen molar-refractivity contribution in [2.45, 2.75) is 51.9 Å². The van der Waals surface area contributed by atoms with Gasteiger partial charge >= 0.3 is 0 Å². The normalized spacial score (nSPS) is 43.3. The maximum Gasteiger partial charge on any atom is 0.0459 e. The van der Waals surface area contributed by atoms with E-state index in [0.717, 1.165) is 17.8 Å². The fraction of sp³-hybridized carbons (Fsp3) is 1.00. The SMILES string of the molecule is CC[C@H]1CC[C@@H]2CC[C@@H](CO)C[C@H]2C1. The van der Waals surface area contributed by atoms with Crippen LogP contribution in [0, 0.1) is 23.7 Å². The van der Waals surface area contributed by atoms with Gasteiger partial charge in [-0.15, -0.1) is 0 Å². The predicted molar refractivity (Wildman–Crippen MR) is 59.0 cm³/mol. The molecule has 0 bridgehead atoms. The molecule has 0 aromatic heterocycles. The fourth-order valence-electron chi connectivity index (χ4n) is 3.63. The molecule has 82 valence electrons. The minimum absolute atomic E-state index is 0.431. The number of rotatable bonds is 2. The maximum absolute atomic E-state index is 9.20. The third kappa shape index (κ3) is 2.13. The second-order valence-corrected chi connectivity index (χ2v) is 5.47. The molecular weight excluding hydrogens is 172 g/mol. The molecule has 0 heterocycles. The topological polar surface area (TPSA) is 20.2 Å². The second kappa shape index (κ2) is 4.65. The molecule has 2 rings (SSSR count). The van der Waals surface area contributed by atoms with Gasteiger partial charge in [-0.3, -0.25) is 0 Å². The van der Waals surface area contributed by atoms with Crippen LogP contribution in [0.5, 0.6) is 0 Å². The zero-order chi connectivity index (χ0) is 9.97. The quantitative estimate of drug-likeness (QED) is 0.719. The van der Waals surface area contributed by atoms with Gasteiger partial charge in [-0.1, -0.05) is 19.8 Å². The van der Waals surface area contributed by atoms with E-state index in [1.54, 1.807) is 0 Å². The molecule has 0 aromatic carbocycles. The zero-order valence-corrected chi connectivity index (χ0v) is 9.41. The molecule has 2 aliphatic rings. The van der Waals surface area contributed by atoms with E-state index in [9.17, 15) is 5.11 Å². The molecule has 0 radical (unpaired) electrons. The molecule has 0 unspecified atom stereocenters. The number of aliphatic hydroxyl groups excluding tert-OH is 1. The second-order valence-electron chi connectivity index (χ2n) is 5.47. The molecule has 0 amide bonds. The summed E-state index contributed by atoms with van der Waals surface area (Å²) in [6, 6.07) is 0. The minimum Gasteiger partial charge on any atom is -0.396 e. The standard InChI is InChI=1S/C13H24O/c1-2-10-3-5-12-6-4-11(9-14)8-13(12)7-10/h10-14H,2-9H2,1H3/t10-,11+,12+,13+/m0/s1. The molecule has 0 aromatic rings. The van der Waals surface area contributed by atoms with Crippen LogP contribution in [0.1, 0.15) is 51.9 Å². The van der Waals surface area contributed by atoms with Crippen LogP contribution in [0.4, 0.5) is 0 Å². The maximum atomic E-state index is 9.20. The lowest BCUT2D eigenvalue weighted by Gasteiger charge is -2.41. The monoisotopic (exact) mass is 196 g/mol. The number of hydrogen-bond donors (Lipinski definition) is 1. The molecule has 1 nitrogen and oxygen atoms in total. The molecule has 0 aliphatic heterocycles. The summed E-state index contributed by atoms with van der Waals surface area (Å²) in [5.74, 6) is 3.60. The summed E-state index contributed by atoms with van der Waals surface area (Å²) >= 11 is 0. The summed E-state index contributed by atoms with van der Waals surface area (Å²) in [6.07, 6.45) is 9.77. The van der Waals surface area contributed by atoms with Crippen LogP contribution < -0.4 is 0 Å². The first-order chi connectivity index (χ1) is 6.83. The van der Waals surface area contributed by atoms with Crippen molar-refractivity contribution in [2.75, 3.05) is 6.61 Å². The largest absolute Gasteiger partial charge is 0.396 e. The van der Waals surface area contributed by atoms with Crippen molar-refractivity contribution < 1.29 is 5.11 Å². The van der Waals surface area contributed by atoms with Crippen LogP contribution in [0.3, 0.4) is 0 Å². The van der Waals surface area contributed by atoms with E-state index in [4.69, 9.17) is 0 Å². The zero-order valence-electron chi connectivity index (χ0n) is 9.41. The average molecular weight is 196 g/mol. The Morgan fingerprint density at radius 1 is 0.929 bits per heavy atom. The van der Waals surface area contributed by atoms with Gasteiger partial charge in [0.25, 0.3) is 0 Å². The van der Waals surface area contributed by atoms with Gasteiger partial charge in [0, 0.05) is 6.61 Å². The summed E-state index contributed by atoms with van der Waals surface area (Å²) in [5, 5.41) is 9.20. The lowest BCUT2D eigenvalue weighted by atomic mass is 9.64. The van der Waals surface area contributed by atoms with Crippen LogP contribution >= 0.6 is 0 Å². The Morgan fingerprint density at radius 3 is 2.21 bits per heavy atom. The van der Waals surface area contributed by atoms with Gasteiger partial charge in [0.2, 0.25) is 0 Å². The Morgan fingerprint density at radius 2 is 1.57 bits per heavy atom. The highest BCUT2D eigenvalue weighted by Crippen LogP contribution is 2.45. The van der Waals surface area contributed by atoms with E-state index in [1.807, 2.05) is 0 Å². The van der Waals surface area contributed by atoms with E-state index in [1.165, 1.54) is 44.9 Å². The Balaban J connectivity index is 1.90. The van der Waals surface area contributed by atoms with Crippen LogP contribution in [0.25, 0.3) is 0 Å². The first-order valence-electron chi connectivity index (χ1n) is 6.44. The molecule has 4 atom stereocenters. The van der Waals surface area contributed by atoms with Gasteiger partial charge < -0.3 is 5.11 Å². The molecular formula is C13H24O. The van der Waals surface area contributed by atoms with E-state index in [0.29, 0.717) is 12.5 Å². The molecule has 2 fully saturated rings. The number of fused-ring (bicyclic) bond motifs is 1. The fourth-order valence-corrected chi connectivity index (χ4v) is 3.63. The number of aliphatic hydroxyl groups is 1. The van der Waals surface area contributed by atoms with Gasteiger partial charge in [-0.2, -0.15) is 0 Å². The van der Waals surface area contributed by atoms with Crippen molar-refractivity contribution in [3.05, 3.63) is 0 Å². The molecule has 2 saturated carbocycles. The molecule has 0 saturated heterocycles. The smallest absolute Gasteiger partial charge is 0.0459 e. The van der Waals surface area contributed by atoms with Crippen molar-refractivity contribution in [3.8, 4) is 0 Å². The first kappa shape index (κ1) is 10.5. The molecule has 1 heteroatoms. The van der Waals surface area contributed by atoms with Gasteiger partial charge in [0.1, 0.15) is 0 Å². The summed E-state index contributed by atoms with van der Waals surface area (Å²) in [5.41, 5.74) is 0. The Bertz CT molecular complexity index is 160. The van der Waals surface area contributed by atoms with Crippen LogP contribution in [-0.2, 0) is 0 Å². The van der Waals surface area contributed by atoms with Crippen molar-refractivity contribution in [1.29, 1.82) is 0 Å². The van der Waals surface area contributed by atoms with E-state index in [2.05, 4.69) is 6.92 Å². The van der Waals surface area contributed by atoms with Crippen molar-refractivity contribution >= 4 is 0 Å². The molecule has 14 heavy (non-hydrogen) atoms. The average Bonchev–Trinajstić information content (AvgIpc) is 2.27. The summed E-state index contributed by atoms with van der Waals surface area (Å²) in [7, 11) is 0. The van der Waals surface area contributed by atoms with Crippen molar-refractivity contribution in [2.24, 2.45) is 23.7 Å². The van der Waals surface area contributed by atoms with E-state index in [-0.39, 0.29) is 0 Å². The molecule has 2 aliphatic carbocycles. The summed E-state index contributed by atoms with van der Waals surface area (Å²) in [6.45, 7) is 2.76. The number of hydrogen-bond acceptors (Lipinski definition) is 1. The highest BCUT2D eigenvalue weighted by Gasteiger charge is 2.34. The van der Waals surface area contributed by atoms with Gasteiger partial charge in [-0.25, -0.2) is 0 Å². The predicted octanol–water partition coefficient (Wildman–Crippen LogP) is 3.22. The third-order valence-corrected chi connectivity index (χ3v) is 4.67. The van der Waals surface area contributed by atoms with E-state index >= 15 is 0 Å². The lowest BCUT2D eigenvalue weighted by molar-refractivity contribution is 0.0705. The van der Waals surface area contributed by atoms with Crippen LogP contribution in [0.2, 0.25) is 0 Å². The van der Waals surface area contributed by atoms with Gasteiger partial charge in [0.05, 0.1) is 0 Å². The van der Waals surface area contributed by atoms with Crippen LogP contribution in [0.15, 0.2) is 0 Å². The molecule has 1 N–H and O–H groups in total. The van der Waals surface area contributed by atoms with Crippen molar-refractivity contribution in [3.63, 3.8) is 0 Å². The lowest BCUT2D eigenvalue weighted by Crippen LogP contribution is -2.32. The summed E-state index contributed by atoms with van der Waals surface area (Å²) < 4.78 is 0. The highest BCUT2D eigenvalue weighted by atomic mass is 16.3. The van der Waals surface area contributed by atoms with Gasteiger partial charge in [0.15, 0.2) is 0 Å². The highest BCUT2D eigenvalue weighted by molar-refractivity contribution is 4.85. The van der Waals surface area contributed by atoms with E-state index < -0.39 is 0 Å². The Hall–Kier alpha value is -0.0400.